The maximum Gasteiger partial charge on any atom is 0.162 e. The van der Waals surface area contributed by atoms with Crippen molar-refractivity contribution in [2.75, 3.05) is 18.5 Å². The van der Waals surface area contributed by atoms with Gasteiger partial charge in [-0.1, -0.05) is 61.7 Å². The van der Waals surface area contributed by atoms with Crippen LogP contribution in [0.1, 0.15) is 31.7 Å². The predicted molar refractivity (Wildman–Crippen MR) is 103 cm³/mol. The second-order valence-electron chi connectivity index (χ2n) is 6.38. The van der Waals surface area contributed by atoms with Gasteiger partial charge in [0.25, 0.3) is 0 Å². The van der Waals surface area contributed by atoms with Crippen LogP contribution in [0.5, 0.6) is 0 Å². The fourth-order valence-electron chi connectivity index (χ4n) is 2.89. The predicted octanol–water partition coefficient (Wildman–Crippen LogP) is 5.23. The molecule has 0 saturated heterocycles. The molecule has 0 atom stereocenters. The quantitative estimate of drug-likeness (QED) is 0.582. The van der Waals surface area contributed by atoms with Crippen molar-refractivity contribution in [1.82, 2.24) is 9.97 Å². The van der Waals surface area contributed by atoms with Crippen LogP contribution in [0.2, 0.25) is 0 Å². The topological polar surface area (TPSA) is 29.0 Å². The van der Waals surface area contributed by atoms with Gasteiger partial charge in [-0.15, -0.1) is 0 Å². The number of aryl methyl sites for hydroxylation is 1. The molecule has 124 valence electrons. The Hall–Kier alpha value is -2.42. The van der Waals surface area contributed by atoms with Gasteiger partial charge in [0.2, 0.25) is 0 Å². The largest absolute Gasteiger partial charge is 0.359 e. The van der Waals surface area contributed by atoms with E-state index in [4.69, 9.17) is 9.97 Å². The number of aromatic nitrogens is 2. The van der Waals surface area contributed by atoms with E-state index in [1.807, 2.05) is 6.07 Å². The first-order chi connectivity index (χ1) is 11.7. The minimum absolute atomic E-state index is 0.797. The van der Waals surface area contributed by atoms with Crippen LogP contribution in [0, 0.1) is 6.92 Å². The van der Waals surface area contributed by atoms with Crippen molar-refractivity contribution in [3.8, 4) is 11.4 Å². The Morgan fingerprint density at radius 1 is 0.917 bits per heavy atom. The van der Waals surface area contributed by atoms with Crippen molar-refractivity contribution < 1.29 is 0 Å². The highest BCUT2D eigenvalue weighted by Gasteiger charge is 2.12. The molecule has 0 radical (unpaired) electrons. The molecule has 3 rings (SSSR count). The Kier molecular flexibility index (Phi) is 5.09. The highest BCUT2D eigenvalue weighted by molar-refractivity contribution is 5.90. The summed E-state index contributed by atoms with van der Waals surface area (Å²) in [4.78, 5) is 11.9. The molecule has 0 bridgehead atoms. The van der Waals surface area contributed by atoms with Gasteiger partial charge in [0.15, 0.2) is 5.82 Å². The Labute approximate surface area is 144 Å². The number of rotatable bonds is 6. The van der Waals surface area contributed by atoms with Crippen LogP contribution in [0.25, 0.3) is 22.3 Å². The number of unbranched alkanes of at least 4 members (excludes halogenated alkanes) is 2. The molecule has 0 spiro atoms. The summed E-state index contributed by atoms with van der Waals surface area (Å²) in [6.07, 6.45) is 3.66. The summed E-state index contributed by atoms with van der Waals surface area (Å²) < 4.78 is 0. The standard InChI is InChI=1S/C21H25N3/c1-4-5-8-15-24(3)21-18-9-6-7-10-19(18)22-20(23-21)17-13-11-16(2)12-14-17/h6-7,9-14H,4-5,8,15H2,1-3H3. The lowest BCUT2D eigenvalue weighted by molar-refractivity contribution is 0.702. The Bertz CT molecular complexity index is 809. The van der Waals surface area contributed by atoms with Crippen LogP contribution in [0.3, 0.4) is 0 Å². The third kappa shape index (κ3) is 3.56. The smallest absolute Gasteiger partial charge is 0.162 e. The maximum atomic E-state index is 4.89. The van der Waals surface area contributed by atoms with Crippen molar-refractivity contribution in [3.63, 3.8) is 0 Å². The van der Waals surface area contributed by atoms with Gasteiger partial charge in [-0.3, -0.25) is 0 Å². The first kappa shape index (κ1) is 16.4. The molecular weight excluding hydrogens is 294 g/mol. The average Bonchev–Trinajstić information content (AvgIpc) is 2.61. The van der Waals surface area contributed by atoms with E-state index in [-0.39, 0.29) is 0 Å². The third-order valence-corrected chi connectivity index (χ3v) is 4.35. The summed E-state index contributed by atoms with van der Waals surface area (Å²) in [5.74, 6) is 1.82. The SMILES string of the molecule is CCCCCN(C)c1nc(-c2ccc(C)cc2)nc2ccccc12. The molecule has 2 aromatic carbocycles. The van der Waals surface area contributed by atoms with E-state index >= 15 is 0 Å². The first-order valence-corrected chi connectivity index (χ1v) is 8.74. The van der Waals surface area contributed by atoms with Gasteiger partial charge in [-0.05, 0) is 25.5 Å². The van der Waals surface area contributed by atoms with Gasteiger partial charge in [0, 0.05) is 24.5 Å². The molecule has 3 aromatic rings. The summed E-state index contributed by atoms with van der Waals surface area (Å²) in [7, 11) is 2.13. The van der Waals surface area contributed by atoms with Crippen molar-refractivity contribution in [2.24, 2.45) is 0 Å². The van der Waals surface area contributed by atoms with Crippen LogP contribution in [-0.4, -0.2) is 23.6 Å². The summed E-state index contributed by atoms with van der Waals surface area (Å²) >= 11 is 0. The van der Waals surface area contributed by atoms with Gasteiger partial charge in [0.05, 0.1) is 5.52 Å². The summed E-state index contributed by atoms with van der Waals surface area (Å²) in [5.41, 5.74) is 3.31. The number of nitrogens with zero attached hydrogens (tertiary/aromatic N) is 3. The molecule has 1 heterocycles. The normalized spacial score (nSPS) is 11.0. The van der Waals surface area contributed by atoms with E-state index in [1.54, 1.807) is 0 Å². The van der Waals surface area contributed by atoms with E-state index in [2.05, 4.69) is 68.3 Å². The highest BCUT2D eigenvalue weighted by atomic mass is 15.2. The summed E-state index contributed by atoms with van der Waals surface area (Å²) in [5, 5.41) is 1.12. The number of anilines is 1. The zero-order valence-electron chi connectivity index (χ0n) is 14.8. The second kappa shape index (κ2) is 7.43. The zero-order chi connectivity index (χ0) is 16.9. The van der Waals surface area contributed by atoms with Crippen LogP contribution in [-0.2, 0) is 0 Å². The minimum Gasteiger partial charge on any atom is -0.359 e. The molecule has 3 heteroatoms. The minimum atomic E-state index is 0.797. The number of para-hydroxylation sites is 1. The Morgan fingerprint density at radius 2 is 1.67 bits per heavy atom. The molecule has 3 nitrogen and oxygen atoms in total. The molecule has 0 saturated carbocycles. The van der Waals surface area contributed by atoms with E-state index < -0.39 is 0 Å². The van der Waals surface area contributed by atoms with Crippen LogP contribution >= 0.6 is 0 Å². The fourth-order valence-corrected chi connectivity index (χ4v) is 2.89. The van der Waals surface area contributed by atoms with E-state index in [0.29, 0.717) is 0 Å². The average molecular weight is 319 g/mol. The van der Waals surface area contributed by atoms with Crippen molar-refractivity contribution in [2.45, 2.75) is 33.1 Å². The van der Waals surface area contributed by atoms with Crippen LogP contribution in [0.4, 0.5) is 5.82 Å². The third-order valence-electron chi connectivity index (χ3n) is 4.35. The Balaban J connectivity index is 2.04. The number of hydrogen-bond acceptors (Lipinski definition) is 3. The van der Waals surface area contributed by atoms with Crippen molar-refractivity contribution in [3.05, 3.63) is 54.1 Å². The van der Waals surface area contributed by atoms with E-state index in [1.165, 1.54) is 24.8 Å². The zero-order valence-corrected chi connectivity index (χ0v) is 14.8. The van der Waals surface area contributed by atoms with E-state index in [0.717, 1.165) is 34.7 Å². The monoisotopic (exact) mass is 319 g/mol. The summed E-state index contributed by atoms with van der Waals surface area (Å²) in [6, 6.07) is 16.7. The molecule has 0 unspecified atom stereocenters. The number of fused-ring (bicyclic) bond motifs is 1. The summed E-state index contributed by atoms with van der Waals surface area (Å²) in [6.45, 7) is 5.34. The van der Waals surface area contributed by atoms with Gasteiger partial charge in [-0.2, -0.15) is 0 Å². The Morgan fingerprint density at radius 3 is 2.42 bits per heavy atom. The molecule has 0 amide bonds. The molecule has 0 aliphatic carbocycles. The highest BCUT2D eigenvalue weighted by Crippen LogP contribution is 2.27. The molecule has 1 aromatic heterocycles. The van der Waals surface area contributed by atoms with E-state index in [9.17, 15) is 0 Å². The molecule has 0 aliphatic rings. The second-order valence-corrected chi connectivity index (χ2v) is 6.38. The maximum absolute atomic E-state index is 4.89. The molecule has 24 heavy (non-hydrogen) atoms. The lowest BCUT2D eigenvalue weighted by atomic mass is 10.1. The number of hydrogen-bond donors (Lipinski definition) is 0. The van der Waals surface area contributed by atoms with Crippen LogP contribution in [0.15, 0.2) is 48.5 Å². The molecular formula is C21H25N3. The molecule has 0 aliphatic heterocycles. The lowest BCUT2D eigenvalue weighted by Gasteiger charge is -2.20. The molecule has 0 N–H and O–H groups in total. The van der Waals surface area contributed by atoms with Gasteiger partial charge < -0.3 is 4.90 Å². The fraction of sp³-hybridized carbons (Fsp3) is 0.333. The van der Waals surface area contributed by atoms with Gasteiger partial charge in [-0.25, -0.2) is 9.97 Å². The van der Waals surface area contributed by atoms with Crippen LogP contribution < -0.4 is 4.90 Å². The van der Waals surface area contributed by atoms with Gasteiger partial charge >= 0.3 is 0 Å². The molecule has 0 fully saturated rings. The van der Waals surface area contributed by atoms with Crippen molar-refractivity contribution in [1.29, 1.82) is 0 Å². The first-order valence-electron chi connectivity index (χ1n) is 8.74. The lowest BCUT2D eigenvalue weighted by Crippen LogP contribution is -2.20. The van der Waals surface area contributed by atoms with Gasteiger partial charge in [0.1, 0.15) is 5.82 Å². The van der Waals surface area contributed by atoms with Crippen molar-refractivity contribution >= 4 is 16.7 Å². The number of benzene rings is 2.